The summed E-state index contributed by atoms with van der Waals surface area (Å²) in [5.41, 5.74) is 6.33. The minimum atomic E-state index is -0.412. The highest BCUT2D eigenvalue weighted by Gasteiger charge is 2.24. The van der Waals surface area contributed by atoms with E-state index in [2.05, 4.69) is 0 Å². The van der Waals surface area contributed by atoms with Gasteiger partial charge < -0.3 is 5.73 Å². The van der Waals surface area contributed by atoms with Crippen molar-refractivity contribution in [1.29, 1.82) is 0 Å². The molecule has 2 N–H and O–H groups in total. The zero-order valence-electron chi connectivity index (χ0n) is 9.96. The number of carbonyl (C=O) groups is 1. The molecule has 2 nitrogen and oxygen atoms in total. The SMILES string of the molecule is CC(=O)C(CC(C)(C)N)c1ccc(F)cc1. The van der Waals surface area contributed by atoms with Crippen molar-refractivity contribution < 1.29 is 9.18 Å². The molecule has 1 unspecified atom stereocenters. The Morgan fingerprint density at radius 2 is 1.88 bits per heavy atom. The second-order valence-corrected chi connectivity index (χ2v) is 4.91. The van der Waals surface area contributed by atoms with Gasteiger partial charge in [-0.2, -0.15) is 0 Å². The minimum absolute atomic E-state index is 0.0603. The maximum atomic E-state index is 12.8. The highest BCUT2D eigenvalue weighted by Crippen LogP contribution is 2.25. The third-order valence-electron chi connectivity index (χ3n) is 2.49. The van der Waals surface area contributed by atoms with E-state index < -0.39 is 5.54 Å². The lowest BCUT2D eigenvalue weighted by Crippen LogP contribution is -2.35. The molecule has 0 saturated carbocycles. The van der Waals surface area contributed by atoms with E-state index >= 15 is 0 Å². The van der Waals surface area contributed by atoms with Crippen LogP contribution in [0, 0.1) is 5.82 Å². The van der Waals surface area contributed by atoms with E-state index in [0.717, 1.165) is 5.56 Å². The van der Waals surface area contributed by atoms with E-state index in [9.17, 15) is 9.18 Å². The molecule has 0 radical (unpaired) electrons. The first kappa shape index (κ1) is 12.8. The molecule has 0 aliphatic heterocycles. The summed E-state index contributed by atoms with van der Waals surface area (Å²) in [6, 6.07) is 6.03. The largest absolute Gasteiger partial charge is 0.326 e. The maximum Gasteiger partial charge on any atom is 0.137 e. The van der Waals surface area contributed by atoms with E-state index in [1.807, 2.05) is 13.8 Å². The number of ketones is 1. The predicted octanol–water partition coefficient (Wildman–Crippen LogP) is 2.63. The highest BCUT2D eigenvalue weighted by atomic mass is 19.1. The lowest BCUT2D eigenvalue weighted by Gasteiger charge is -2.24. The second kappa shape index (κ2) is 4.74. The molecule has 1 aromatic carbocycles. The van der Waals surface area contributed by atoms with Gasteiger partial charge in [-0.25, -0.2) is 4.39 Å². The summed E-state index contributed by atoms with van der Waals surface area (Å²) < 4.78 is 12.8. The maximum absolute atomic E-state index is 12.8. The Morgan fingerprint density at radius 3 is 2.25 bits per heavy atom. The molecular formula is C13H18FNO. The van der Waals surface area contributed by atoms with E-state index in [1.165, 1.54) is 12.1 Å². The Morgan fingerprint density at radius 1 is 1.38 bits per heavy atom. The fourth-order valence-electron chi connectivity index (χ4n) is 1.72. The molecule has 0 heterocycles. The monoisotopic (exact) mass is 223 g/mol. The Balaban J connectivity index is 2.94. The first-order valence-electron chi connectivity index (χ1n) is 5.34. The Bertz CT molecular complexity index is 365. The molecule has 0 aromatic heterocycles. The minimum Gasteiger partial charge on any atom is -0.326 e. The number of hydrogen-bond donors (Lipinski definition) is 1. The molecule has 0 saturated heterocycles. The van der Waals surface area contributed by atoms with Crippen molar-refractivity contribution in [2.75, 3.05) is 0 Å². The van der Waals surface area contributed by atoms with Gasteiger partial charge in [0.25, 0.3) is 0 Å². The van der Waals surface area contributed by atoms with Crippen LogP contribution in [0.15, 0.2) is 24.3 Å². The zero-order valence-corrected chi connectivity index (χ0v) is 9.96. The lowest BCUT2D eigenvalue weighted by atomic mass is 9.84. The number of carbonyl (C=O) groups excluding carboxylic acids is 1. The van der Waals surface area contributed by atoms with Crippen LogP contribution in [0.25, 0.3) is 0 Å². The van der Waals surface area contributed by atoms with Gasteiger partial charge in [0.15, 0.2) is 0 Å². The van der Waals surface area contributed by atoms with Crippen LogP contribution < -0.4 is 5.73 Å². The predicted molar refractivity (Wildman–Crippen MR) is 62.7 cm³/mol. The fraction of sp³-hybridized carbons (Fsp3) is 0.462. The molecule has 0 aliphatic carbocycles. The molecule has 0 fully saturated rings. The molecule has 0 aliphatic rings. The van der Waals surface area contributed by atoms with E-state index in [4.69, 9.17) is 5.73 Å². The molecule has 88 valence electrons. The summed E-state index contributed by atoms with van der Waals surface area (Å²) in [4.78, 5) is 11.6. The van der Waals surface area contributed by atoms with Gasteiger partial charge in [0.2, 0.25) is 0 Å². The lowest BCUT2D eigenvalue weighted by molar-refractivity contribution is -0.118. The smallest absolute Gasteiger partial charge is 0.137 e. The van der Waals surface area contributed by atoms with Crippen LogP contribution in [-0.2, 0) is 4.79 Å². The van der Waals surface area contributed by atoms with Crippen LogP contribution in [0.2, 0.25) is 0 Å². The molecule has 0 amide bonds. The summed E-state index contributed by atoms with van der Waals surface area (Å²) in [6.07, 6.45) is 0.563. The van der Waals surface area contributed by atoms with E-state index in [0.29, 0.717) is 6.42 Å². The molecule has 16 heavy (non-hydrogen) atoms. The van der Waals surface area contributed by atoms with Gasteiger partial charge in [0, 0.05) is 11.5 Å². The van der Waals surface area contributed by atoms with Crippen LogP contribution >= 0.6 is 0 Å². The summed E-state index contributed by atoms with van der Waals surface area (Å²) >= 11 is 0. The first-order valence-corrected chi connectivity index (χ1v) is 5.34. The average Bonchev–Trinajstić information content (AvgIpc) is 2.14. The van der Waals surface area contributed by atoms with Crippen molar-refractivity contribution in [1.82, 2.24) is 0 Å². The molecule has 3 heteroatoms. The Kier molecular flexibility index (Phi) is 3.81. The van der Waals surface area contributed by atoms with Crippen molar-refractivity contribution >= 4 is 5.78 Å². The zero-order chi connectivity index (χ0) is 12.3. The van der Waals surface area contributed by atoms with Crippen molar-refractivity contribution in [3.8, 4) is 0 Å². The third-order valence-corrected chi connectivity index (χ3v) is 2.49. The van der Waals surface area contributed by atoms with Gasteiger partial charge in [-0.15, -0.1) is 0 Å². The van der Waals surface area contributed by atoms with E-state index in [-0.39, 0.29) is 17.5 Å². The first-order chi connectivity index (χ1) is 7.29. The quantitative estimate of drug-likeness (QED) is 0.852. The van der Waals surface area contributed by atoms with Crippen LogP contribution in [0.3, 0.4) is 0 Å². The van der Waals surface area contributed by atoms with Gasteiger partial charge in [-0.1, -0.05) is 12.1 Å². The van der Waals surface area contributed by atoms with Gasteiger partial charge in [0.05, 0.1) is 0 Å². The van der Waals surface area contributed by atoms with Gasteiger partial charge in [-0.05, 0) is 44.9 Å². The van der Waals surface area contributed by atoms with Gasteiger partial charge in [-0.3, -0.25) is 4.79 Å². The number of benzene rings is 1. The molecule has 0 bridgehead atoms. The summed E-state index contributed by atoms with van der Waals surface area (Å²) in [5.74, 6) is -0.483. The fourth-order valence-corrected chi connectivity index (χ4v) is 1.72. The standard InChI is InChI=1S/C13H18FNO/c1-9(16)12(8-13(2,3)15)10-4-6-11(14)7-5-10/h4-7,12H,8,15H2,1-3H3. The number of Topliss-reactive ketones (excluding diaryl/α,β-unsaturated/α-hetero) is 1. The normalized spacial score (nSPS) is 13.6. The van der Waals surface area contributed by atoms with Crippen LogP contribution in [-0.4, -0.2) is 11.3 Å². The van der Waals surface area contributed by atoms with Crippen molar-refractivity contribution in [2.45, 2.75) is 38.6 Å². The Hall–Kier alpha value is -1.22. The van der Waals surface area contributed by atoms with Crippen molar-refractivity contribution in [3.63, 3.8) is 0 Å². The summed E-state index contributed by atoms with van der Waals surface area (Å²) in [6.45, 7) is 5.30. The molecule has 0 spiro atoms. The number of halogens is 1. The topological polar surface area (TPSA) is 43.1 Å². The van der Waals surface area contributed by atoms with Crippen molar-refractivity contribution in [2.24, 2.45) is 5.73 Å². The Labute approximate surface area is 95.7 Å². The van der Waals surface area contributed by atoms with E-state index in [1.54, 1.807) is 19.1 Å². The second-order valence-electron chi connectivity index (χ2n) is 4.91. The van der Waals surface area contributed by atoms with Crippen LogP contribution in [0.5, 0.6) is 0 Å². The van der Waals surface area contributed by atoms with Crippen LogP contribution in [0.4, 0.5) is 4.39 Å². The molecular weight excluding hydrogens is 205 g/mol. The molecule has 1 aromatic rings. The van der Waals surface area contributed by atoms with Gasteiger partial charge in [0.1, 0.15) is 11.6 Å². The van der Waals surface area contributed by atoms with Crippen molar-refractivity contribution in [3.05, 3.63) is 35.6 Å². The molecule has 1 rings (SSSR count). The molecule has 1 atom stereocenters. The number of hydrogen-bond acceptors (Lipinski definition) is 2. The summed E-state index contributed by atoms with van der Waals surface area (Å²) in [5, 5.41) is 0. The van der Waals surface area contributed by atoms with Crippen LogP contribution in [0.1, 0.15) is 38.7 Å². The third kappa shape index (κ3) is 3.74. The summed E-state index contributed by atoms with van der Waals surface area (Å²) in [7, 11) is 0. The average molecular weight is 223 g/mol. The highest BCUT2D eigenvalue weighted by molar-refractivity contribution is 5.83. The number of nitrogens with two attached hydrogens (primary N) is 1. The number of rotatable bonds is 4. The van der Waals surface area contributed by atoms with Gasteiger partial charge >= 0.3 is 0 Å².